The van der Waals surface area contributed by atoms with Gasteiger partial charge in [-0.3, -0.25) is 4.79 Å². The minimum Gasteiger partial charge on any atom is -0.491 e. The molecule has 0 radical (unpaired) electrons. The van der Waals surface area contributed by atoms with Crippen LogP contribution in [0.25, 0.3) is 0 Å². The van der Waals surface area contributed by atoms with Gasteiger partial charge in [-0.15, -0.1) is 0 Å². The number of alkyl halides is 3. The first kappa shape index (κ1) is 29.1. The van der Waals surface area contributed by atoms with Crippen LogP contribution >= 0.6 is 11.6 Å². The Hall–Kier alpha value is -3.42. The van der Waals surface area contributed by atoms with Gasteiger partial charge in [-0.2, -0.15) is 13.2 Å². The number of halogens is 5. The van der Waals surface area contributed by atoms with E-state index in [4.69, 9.17) is 25.8 Å². The Labute approximate surface area is 220 Å². The zero-order valence-corrected chi connectivity index (χ0v) is 21.3. The van der Waals surface area contributed by atoms with Crippen molar-refractivity contribution in [3.8, 4) is 17.4 Å². The second kappa shape index (κ2) is 12.4. The summed E-state index contributed by atoms with van der Waals surface area (Å²) in [5, 5.41) is -0.403. The van der Waals surface area contributed by atoms with Gasteiger partial charge in [0.05, 0.1) is 17.1 Å². The highest BCUT2D eigenvalue weighted by Crippen LogP contribution is 2.36. The number of carbonyl (C=O) groups excluding carboxylic acids is 1. The first-order valence-electron chi connectivity index (χ1n) is 10.9. The highest BCUT2D eigenvalue weighted by Gasteiger charge is 2.32. The van der Waals surface area contributed by atoms with Gasteiger partial charge in [0.15, 0.2) is 0 Å². The minimum absolute atomic E-state index is 0.0310. The molecule has 0 aliphatic carbocycles. The summed E-state index contributed by atoms with van der Waals surface area (Å²) >= 11 is 5.96. The van der Waals surface area contributed by atoms with Crippen LogP contribution in [-0.2, 0) is 32.2 Å². The number of benzene rings is 2. The molecule has 0 aliphatic rings. The van der Waals surface area contributed by atoms with E-state index in [9.17, 15) is 30.8 Å². The summed E-state index contributed by atoms with van der Waals surface area (Å²) in [6.45, 7) is 0.477. The van der Waals surface area contributed by atoms with Crippen molar-refractivity contribution in [2.45, 2.75) is 23.9 Å². The number of ether oxygens (including phenoxy) is 3. The third kappa shape index (κ3) is 8.04. The van der Waals surface area contributed by atoms with Crippen molar-refractivity contribution in [2.24, 2.45) is 0 Å². The molecule has 38 heavy (non-hydrogen) atoms. The highest BCUT2D eigenvalue weighted by molar-refractivity contribution is 7.90. The molecule has 2 aromatic carbocycles. The average molecular weight is 577 g/mol. The lowest BCUT2D eigenvalue weighted by atomic mass is 10.1. The third-order valence-corrected chi connectivity index (χ3v) is 6.59. The molecule has 0 saturated heterocycles. The van der Waals surface area contributed by atoms with Gasteiger partial charge in [0.25, 0.3) is 10.0 Å². The summed E-state index contributed by atoms with van der Waals surface area (Å²) in [4.78, 5) is 15.7. The summed E-state index contributed by atoms with van der Waals surface area (Å²) in [6, 6.07) is 9.10. The zero-order chi connectivity index (χ0) is 27.9. The maximum atomic E-state index is 13.1. The predicted molar refractivity (Wildman–Crippen MR) is 128 cm³/mol. The van der Waals surface area contributed by atoms with Crippen LogP contribution in [0.5, 0.6) is 17.4 Å². The number of nitrogens with zero attached hydrogens (tertiary/aromatic N) is 1. The molecule has 0 bridgehead atoms. The zero-order valence-electron chi connectivity index (χ0n) is 19.7. The van der Waals surface area contributed by atoms with Crippen molar-refractivity contribution in [1.82, 2.24) is 9.71 Å². The number of nitrogens with one attached hydrogen (secondary N) is 1. The minimum atomic E-state index is -4.66. The highest BCUT2D eigenvalue weighted by atomic mass is 35.5. The molecule has 204 valence electrons. The van der Waals surface area contributed by atoms with E-state index < -0.39 is 38.5 Å². The number of rotatable bonds is 11. The van der Waals surface area contributed by atoms with Gasteiger partial charge in [-0.05, 0) is 48.4 Å². The van der Waals surface area contributed by atoms with Crippen LogP contribution < -0.4 is 14.2 Å². The lowest BCUT2D eigenvalue weighted by Crippen LogP contribution is -2.30. The summed E-state index contributed by atoms with van der Waals surface area (Å²) in [5.74, 6) is -1.42. The topological polar surface area (TPSA) is 104 Å². The normalized spacial score (nSPS) is 11.7. The van der Waals surface area contributed by atoms with Crippen LogP contribution in [0.1, 0.15) is 17.5 Å². The van der Waals surface area contributed by atoms with Crippen molar-refractivity contribution in [1.29, 1.82) is 0 Å². The molecule has 3 rings (SSSR count). The molecule has 0 atom stereocenters. The van der Waals surface area contributed by atoms with E-state index in [0.717, 1.165) is 24.3 Å². The molecule has 14 heteroatoms. The van der Waals surface area contributed by atoms with Gasteiger partial charge >= 0.3 is 6.18 Å². The largest absolute Gasteiger partial charge is 0.491 e. The second-order valence-electron chi connectivity index (χ2n) is 7.70. The Morgan fingerprint density at radius 2 is 1.79 bits per heavy atom. The lowest BCUT2D eigenvalue weighted by molar-refractivity contribution is -0.137. The van der Waals surface area contributed by atoms with E-state index >= 15 is 0 Å². The number of aryl methyl sites for hydroxylation is 1. The molecule has 3 aromatic rings. The van der Waals surface area contributed by atoms with Gasteiger partial charge in [0.2, 0.25) is 11.8 Å². The predicted octanol–water partition coefficient (Wildman–Crippen LogP) is 5.15. The smallest absolute Gasteiger partial charge is 0.417 e. The van der Waals surface area contributed by atoms with Crippen molar-refractivity contribution in [3.63, 3.8) is 0 Å². The molecule has 8 nitrogen and oxygen atoms in total. The van der Waals surface area contributed by atoms with E-state index in [-0.39, 0.29) is 42.6 Å². The molecular formula is C24H21ClF4N2O6S. The Morgan fingerprint density at radius 3 is 2.42 bits per heavy atom. The van der Waals surface area contributed by atoms with Crippen LogP contribution in [0, 0.1) is 5.82 Å². The fraction of sp³-hybridized carbons (Fsp3) is 0.250. The standard InChI is InChI=1S/C24H21ClF4N2O6S/c1-35-10-11-36-18-6-2-15(3-9-22(32)31-38(33,34)19-7-4-17(26)5-8-19)21(13-18)37-23-20(25)12-16(14-30-23)24(27,28)29/h2,4-8,12-14H,3,9-11H2,1H3,(H,31,32). The first-order valence-corrected chi connectivity index (χ1v) is 12.7. The van der Waals surface area contributed by atoms with Crippen LogP contribution in [-0.4, -0.2) is 39.6 Å². The average Bonchev–Trinajstić information content (AvgIpc) is 2.84. The van der Waals surface area contributed by atoms with Crippen molar-refractivity contribution < 1.29 is 45.0 Å². The van der Waals surface area contributed by atoms with Gasteiger partial charge in [-0.25, -0.2) is 22.5 Å². The Bertz CT molecular complexity index is 1390. The summed E-state index contributed by atoms with van der Waals surface area (Å²) in [5.41, 5.74) is -0.679. The molecule has 1 aromatic heterocycles. The summed E-state index contributed by atoms with van der Waals surface area (Å²) in [7, 11) is -2.74. The van der Waals surface area contributed by atoms with Gasteiger partial charge < -0.3 is 14.2 Å². The molecule has 1 heterocycles. The monoisotopic (exact) mass is 576 g/mol. The fourth-order valence-corrected chi connectivity index (χ4v) is 4.27. The summed E-state index contributed by atoms with van der Waals surface area (Å²) in [6.07, 6.45) is -4.43. The molecule has 0 saturated carbocycles. The number of aromatic nitrogens is 1. The maximum Gasteiger partial charge on any atom is 0.417 e. The molecule has 0 aliphatic heterocycles. The van der Waals surface area contributed by atoms with Crippen LogP contribution in [0.2, 0.25) is 5.02 Å². The number of methoxy groups -OCH3 is 1. The SMILES string of the molecule is COCCOc1ccc(CCC(=O)NS(=O)(=O)c2ccc(F)cc2)c(Oc2ncc(C(F)(F)F)cc2Cl)c1. The quantitative estimate of drug-likeness (QED) is 0.249. The Balaban J connectivity index is 1.79. The van der Waals surface area contributed by atoms with E-state index in [2.05, 4.69) is 4.98 Å². The lowest BCUT2D eigenvalue weighted by Gasteiger charge is -2.15. The van der Waals surface area contributed by atoms with E-state index in [1.807, 2.05) is 4.72 Å². The Morgan fingerprint density at radius 1 is 1.08 bits per heavy atom. The van der Waals surface area contributed by atoms with Crippen LogP contribution in [0.4, 0.5) is 17.6 Å². The number of hydrogen-bond acceptors (Lipinski definition) is 7. The van der Waals surface area contributed by atoms with Gasteiger partial charge in [-0.1, -0.05) is 17.7 Å². The number of sulfonamides is 1. The van der Waals surface area contributed by atoms with E-state index in [0.29, 0.717) is 23.6 Å². The molecule has 0 spiro atoms. The molecule has 1 amide bonds. The van der Waals surface area contributed by atoms with Crippen molar-refractivity contribution >= 4 is 27.5 Å². The number of pyridine rings is 1. The van der Waals surface area contributed by atoms with E-state index in [1.165, 1.54) is 19.2 Å². The number of amides is 1. The van der Waals surface area contributed by atoms with Crippen LogP contribution in [0.3, 0.4) is 0 Å². The molecular weight excluding hydrogens is 556 g/mol. The number of carbonyl (C=O) groups is 1. The fourth-order valence-electron chi connectivity index (χ4n) is 3.05. The summed E-state index contributed by atoms with van der Waals surface area (Å²) < 4.78 is 94.7. The third-order valence-electron chi connectivity index (χ3n) is 4.93. The number of hydrogen-bond donors (Lipinski definition) is 1. The first-order chi connectivity index (χ1) is 17.9. The maximum absolute atomic E-state index is 13.1. The van der Waals surface area contributed by atoms with Gasteiger partial charge in [0.1, 0.15) is 28.9 Å². The Kier molecular flexibility index (Phi) is 9.52. The second-order valence-corrected chi connectivity index (χ2v) is 9.79. The van der Waals surface area contributed by atoms with Crippen LogP contribution in [0.15, 0.2) is 59.6 Å². The molecule has 0 unspecified atom stereocenters. The van der Waals surface area contributed by atoms with Gasteiger partial charge in [0, 0.05) is 25.8 Å². The molecule has 0 fully saturated rings. The van der Waals surface area contributed by atoms with Crippen molar-refractivity contribution in [2.75, 3.05) is 20.3 Å². The molecule has 1 N–H and O–H groups in total. The van der Waals surface area contributed by atoms with Crippen molar-refractivity contribution in [3.05, 3.63) is 76.7 Å². The van der Waals surface area contributed by atoms with E-state index in [1.54, 1.807) is 6.07 Å².